The quantitative estimate of drug-likeness (QED) is 0.369. The fraction of sp³-hybridized carbons (Fsp3) is 0.208. The first-order valence-corrected chi connectivity index (χ1v) is 11.4. The van der Waals surface area contributed by atoms with E-state index in [9.17, 15) is 0 Å². The molecule has 6 aromatic rings. The summed E-state index contributed by atoms with van der Waals surface area (Å²) in [7, 11) is 1.78. The maximum atomic E-state index is 15.9. The number of fused-ring (bicyclic) bond motifs is 2. The molecule has 0 aliphatic rings. The molecule has 11 nitrogen and oxygen atoms in total. The Morgan fingerprint density at radius 1 is 0.973 bits per heavy atom. The summed E-state index contributed by atoms with van der Waals surface area (Å²) in [6.07, 6.45) is 9.84. The van der Waals surface area contributed by atoms with Gasteiger partial charge < -0.3 is 5.11 Å². The molecule has 5 aromatic heterocycles. The lowest BCUT2D eigenvalue weighted by molar-refractivity contribution is 0.269. The topological polar surface area (TPSA) is 125 Å². The SMILES string of the molecule is CC(c1c(F)cc2ncc(-c3cnn(C)c3)cc2c1F)n1nnc2ncc(-c3cnn(CCO)c3)nc21. The van der Waals surface area contributed by atoms with Gasteiger partial charge in [0.05, 0.1) is 49.0 Å². The fourth-order valence-corrected chi connectivity index (χ4v) is 4.30. The molecular formula is C24H20F2N10O. The van der Waals surface area contributed by atoms with Gasteiger partial charge in [-0.15, -0.1) is 5.10 Å². The normalized spacial score (nSPS) is 12.6. The van der Waals surface area contributed by atoms with Gasteiger partial charge in [0.1, 0.15) is 11.6 Å². The van der Waals surface area contributed by atoms with Crippen molar-refractivity contribution in [3.8, 4) is 22.4 Å². The minimum Gasteiger partial charge on any atom is -0.394 e. The van der Waals surface area contributed by atoms with E-state index in [1.165, 1.54) is 16.9 Å². The molecule has 0 saturated carbocycles. The molecule has 1 aromatic carbocycles. The van der Waals surface area contributed by atoms with Crippen LogP contribution in [0.2, 0.25) is 0 Å². The summed E-state index contributed by atoms with van der Waals surface area (Å²) >= 11 is 0. The van der Waals surface area contributed by atoms with Crippen molar-refractivity contribution in [1.82, 2.24) is 49.5 Å². The Labute approximate surface area is 208 Å². The van der Waals surface area contributed by atoms with E-state index < -0.39 is 17.7 Å². The van der Waals surface area contributed by atoms with Crippen molar-refractivity contribution in [3.05, 3.63) is 66.5 Å². The Kier molecular flexibility index (Phi) is 5.41. The van der Waals surface area contributed by atoms with E-state index in [2.05, 4.69) is 35.5 Å². The Bertz CT molecular complexity index is 1770. The number of hydrogen-bond donors (Lipinski definition) is 1. The molecule has 1 atom stereocenters. The molecule has 0 saturated heterocycles. The zero-order chi connectivity index (χ0) is 25.7. The molecule has 5 heterocycles. The van der Waals surface area contributed by atoms with E-state index in [0.717, 1.165) is 5.56 Å². The number of aromatic nitrogens is 10. The first-order valence-electron chi connectivity index (χ1n) is 11.4. The minimum atomic E-state index is -0.891. The van der Waals surface area contributed by atoms with Gasteiger partial charge in [-0.3, -0.25) is 14.3 Å². The summed E-state index contributed by atoms with van der Waals surface area (Å²) in [5, 5.41) is 25.8. The van der Waals surface area contributed by atoms with Gasteiger partial charge in [0.25, 0.3) is 0 Å². The van der Waals surface area contributed by atoms with Crippen molar-refractivity contribution >= 4 is 22.2 Å². The number of hydrogen-bond acceptors (Lipinski definition) is 8. The second kappa shape index (κ2) is 8.78. The Morgan fingerprint density at radius 3 is 2.59 bits per heavy atom. The summed E-state index contributed by atoms with van der Waals surface area (Å²) in [4.78, 5) is 13.2. The largest absolute Gasteiger partial charge is 0.394 e. The smallest absolute Gasteiger partial charge is 0.221 e. The van der Waals surface area contributed by atoms with Crippen LogP contribution in [0.25, 0.3) is 44.6 Å². The van der Waals surface area contributed by atoms with Crippen LogP contribution < -0.4 is 0 Å². The van der Waals surface area contributed by atoms with Crippen molar-refractivity contribution in [2.24, 2.45) is 7.05 Å². The minimum absolute atomic E-state index is 0.0534. The molecular weight excluding hydrogens is 482 g/mol. The highest BCUT2D eigenvalue weighted by Crippen LogP contribution is 2.32. The molecule has 0 radical (unpaired) electrons. The number of rotatable bonds is 6. The van der Waals surface area contributed by atoms with E-state index in [0.29, 0.717) is 23.4 Å². The van der Waals surface area contributed by atoms with Gasteiger partial charge in [-0.05, 0) is 13.0 Å². The van der Waals surface area contributed by atoms with E-state index >= 15 is 8.78 Å². The van der Waals surface area contributed by atoms with Crippen LogP contribution in [0.5, 0.6) is 0 Å². The highest BCUT2D eigenvalue weighted by atomic mass is 19.1. The van der Waals surface area contributed by atoms with E-state index in [1.54, 1.807) is 60.4 Å². The lowest BCUT2D eigenvalue weighted by Crippen LogP contribution is -2.14. The second-order valence-electron chi connectivity index (χ2n) is 8.61. The molecule has 6 rings (SSSR count). The summed E-state index contributed by atoms with van der Waals surface area (Å²) < 4.78 is 35.7. The predicted molar refractivity (Wildman–Crippen MR) is 129 cm³/mol. The van der Waals surface area contributed by atoms with Gasteiger partial charge in [0.15, 0.2) is 5.65 Å². The number of aryl methyl sites for hydroxylation is 1. The molecule has 1 unspecified atom stereocenters. The maximum Gasteiger partial charge on any atom is 0.221 e. The van der Waals surface area contributed by atoms with Crippen LogP contribution in [0.3, 0.4) is 0 Å². The third-order valence-electron chi connectivity index (χ3n) is 6.18. The van der Waals surface area contributed by atoms with Crippen LogP contribution in [0, 0.1) is 11.6 Å². The molecule has 0 fully saturated rings. The molecule has 0 aliphatic carbocycles. The van der Waals surface area contributed by atoms with E-state index in [1.807, 2.05) is 0 Å². The number of halogens is 2. The summed E-state index contributed by atoms with van der Waals surface area (Å²) in [6, 6.07) is 1.95. The van der Waals surface area contributed by atoms with Crippen LogP contribution in [-0.4, -0.2) is 61.2 Å². The Balaban J connectivity index is 1.44. The lowest BCUT2D eigenvalue weighted by atomic mass is 10.0. The maximum absolute atomic E-state index is 15.9. The average molecular weight is 502 g/mol. The summed E-state index contributed by atoms with van der Waals surface area (Å²) in [6.45, 7) is 1.90. The molecule has 13 heteroatoms. The standard InChI is InChI=1S/C24H20F2N10O/c1-13(36-24-23(32-33-36)28-10-20(31-24)16-9-30-35(12-16)3-4-37)21-18(25)6-19-17(22(21)26)5-14(7-27-19)15-8-29-34(2)11-15/h5-13,37H,3-4H2,1-2H3. The molecule has 186 valence electrons. The van der Waals surface area contributed by atoms with Crippen LogP contribution in [-0.2, 0) is 13.6 Å². The highest BCUT2D eigenvalue weighted by Gasteiger charge is 2.25. The first kappa shape index (κ1) is 22.8. The van der Waals surface area contributed by atoms with E-state index in [-0.39, 0.29) is 34.4 Å². The number of aliphatic hydroxyl groups is 1. The van der Waals surface area contributed by atoms with Crippen molar-refractivity contribution in [2.75, 3.05) is 6.61 Å². The number of aliphatic hydroxyl groups excluding tert-OH is 1. The zero-order valence-electron chi connectivity index (χ0n) is 19.8. The van der Waals surface area contributed by atoms with Crippen LogP contribution in [0.1, 0.15) is 18.5 Å². The first-order chi connectivity index (χ1) is 17.9. The Hall–Kier alpha value is -4.65. The monoisotopic (exact) mass is 502 g/mol. The molecule has 0 amide bonds. The third-order valence-corrected chi connectivity index (χ3v) is 6.18. The molecule has 0 aliphatic heterocycles. The van der Waals surface area contributed by atoms with Gasteiger partial charge in [-0.1, -0.05) is 5.21 Å². The lowest BCUT2D eigenvalue weighted by Gasteiger charge is -2.16. The average Bonchev–Trinajstić information content (AvgIpc) is 3.63. The molecule has 0 spiro atoms. The van der Waals surface area contributed by atoms with Crippen molar-refractivity contribution in [1.29, 1.82) is 0 Å². The van der Waals surface area contributed by atoms with Crippen molar-refractivity contribution in [2.45, 2.75) is 19.5 Å². The van der Waals surface area contributed by atoms with Gasteiger partial charge in [0.2, 0.25) is 5.65 Å². The fourth-order valence-electron chi connectivity index (χ4n) is 4.30. The Morgan fingerprint density at radius 2 is 1.81 bits per heavy atom. The van der Waals surface area contributed by atoms with Crippen LogP contribution in [0.15, 0.2) is 49.3 Å². The van der Waals surface area contributed by atoms with Gasteiger partial charge in [-0.25, -0.2) is 23.4 Å². The highest BCUT2D eigenvalue weighted by molar-refractivity contribution is 5.85. The third kappa shape index (κ3) is 3.89. The van der Waals surface area contributed by atoms with Crippen molar-refractivity contribution in [3.63, 3.8) is 0 Å². The van der Waals surface area contributed by atoms with Crippen LogP contribution in [0.4, 0.5) is 8.78 Å². The number of pyridine rings is 1. The summed E-state index contributed by atoms with van der Waals surface area (Å²) in [5.41, 5.74) is 3.09. The number of benzene rings is 1. The predicted octanol–water partition coefficient (Wildman–Crippen LogP) is 2.91. The number of nitrogens with zero attached hydrogens (tertiary/aromatic N) is 10. The summed E-state index contributed by atoms with van der Waals surface area (Å²) in [5.74, 6) is -1.49. The van der Waals surface area contributed by atoms with E-state index in [4.69, 9.17) is 5.11 Å². The zero-order valence-corrected chi connectivity index (χ0v) is 19.8. The molecule has 1 N–H and O–H groups in total. The van der Waals surface area contributed by atoms with Gasteiger partial charge >= 0.3 is 0 Å². The van der Waals surface area contributed by atoms with Gasteiger partial charge in [0, 0.05) is 59.3 Å². The van der Waals surface area contributed by atoms with Gasteiger partial charge in [-0.2, -0.15) is 10.2 Å². The molecule has 0 bridgehead atoms. The van der Waals surface area contributed by atoms with Crippen molar-refractivity contribution < 1.29 is 13.9 Å². The molecule has 37 heavy (non-hydrogen) atoms. The second-order valence-corrected chi connectivity index (χ2v) is 8.61. The van der Waals surface area contributed by atoms with Crippen LogP contribution >= 0.6 is 0 Å².